The average Bonchev–Trinajstić information content (AvgIpc) is 3.97. The van der Waals surface area contributed by atoms with Gasteiger partial charge in [-0.2, -0.15) is 0 Å². The quantitative estimate of drug-likeness (QED) is 0.0917. The first-order chi connectivity index (χ1) is 27.3. The summed E-state index contributed by atoms with van der Waals surface area (Å²) in [4.78, 5) is 35.0. The number of carbonyl (C=O) groups excluding carboxylic acids is 2. The van der Waals surface area contributed by atoms with Gasteiger partial charge < -0.3 is 35.3 Å². The smallest absolute Gasteiger partial charge is 0.161 e. The van der Waals surface area contributed by atoms with Crippen molar-refractivity contribution < 1.29 is 29.6 Å². The number of aliphatic hydroxyl groups is 1. The number of rotatable bonds is 7. The molecule has 9 heteroatoms. The van der Waals surface area contributed by atoms with Crippen molar-refractivity contribution in [2.75, 3.05) is 11.9 Å². The SMILES string of the molecule is O=C1CCc2cc(c(O)c(OC3CCCC3)c2)Cc2cccc(c2)Cc2cc[nH]c2NCC2=Cc3[nH]ccc3C(CC(O)CCc3cccc(O)c3)C2C(=O)C1. The minimum absolute atomic E-state index is 0.0571. The van der Waals surface area contributed by atoms with Crippen molar-refractivity contribution in [2.45, 2.75) is 95.2 Å². The van der Waals surface area contributed by atoms with E-state index in [0.29, 0.717) is 50.8 Å². The number of aliphatic hydroxyl groups excluding tert-OH is 1. The maximum Gasteiger partial charge on any atom is 0.161 e. The highest BCUT2D eigenvalue weighted by atomic mass is 16.5. The van der Waals surface area contributed by atoms with Gasteiger partial charge in [0.2, 0.25) is 0 Å². The van der Waals surface area contributed by atoms with E-state index in [9.17, 15) is 24.9 Å². The fourth-order valence-electron chi connectivity index (χ4n) is 9.02. The van der Waals surface area contributed by atoms with E-state index in [1.165, 1.54) is 0 Å². The van der Waals surface area contributed by atoms with Gasteiger partial charge in [0, 0.05) is 61.3 Å². The highest BCUT2D eigenvalue weighted by Crippen LogP contribution is 2.43. The summed E-state index contributed by atoms with van der Waals surface area (Å²) in [6, 6.07) is 23.4. The number of fused-ring (bicyclic) bond motifs is 7. The molecular weight excluding hydrogens is 703 g/mol. The standard InChI is InChI=1S/C47H51N3O6/c51-36-8-4-5-29(23-36)11-13-37(52)26-41-40-16-18-48-42(40)25-35-28-50-47-33(15-17-49-47)20-30-6-3-7-31(19-30)21-34-22-32(12-14-38(53)27-43(54)45(35)41)24-44(46(34)55)56-39-9-1-2-10-39/h3-8,15-19,22-25,37,39,41,45,48-52,55H,1-2,9-14,20-21,26-28H2. The average molecular weight is 754 g/mol. The maximum atomic E-state index is 14.5. The zero-order chi connectivity index (χ0) is 38.6. The predicted molar refractivity (Wildman–Crippen MR) is 217 cm³/mol. The molecule has 3 atom stereocenters. The van der Waals surface area contributed by atoms with Gasteiger partial charge in [-0.25, -0.2) is 0 Å². The summed E-state index contributed by atoms with van der Waals surface area (Å²) in [5.74, 6) is 0.396. The van der Waals surface area contributed by atoms with E-state index in [1.54, 1.807) is 18.2 Å². The van der Waals surface area contributed by atoms with Crippen LogP contribution < -0.4 is 10.1 Å². The number of phenols is 2. The van der Waals surface area contributed by atoms with Crippen molar-refractivity contribution in [1.82, 2.24) is 9.97 Å². The predicted octanol–water partition coefficient (Wildman–Crippen LogP) is 8.32. The topological polar surface area (TPSA) is 148 Å². The van der Waals surface area contributed by atoms with Crippen LogP contribution in [0.5, 0.6) is 17.2 Å². The molecule has 1 saturated carbocycles. The van der Waals surface area contributed by atoms with E-state index < -0.39 is 12.0 Å². The molecule has 0 saturated heterocycles. The molecule has 56 heavy (non-hydrogen) atoms. The van der Waals surface area contributed by atoms with Crippen LogP contribution in [0.15, 0.2) is 90.8 Å². The van der Waals surface area contributed by atoms with Crippen molar-refractivity contribution in [3.63, 3.8) is 0 Å². The van der Waals surface area contributed by atoms with Gasteiger partial charge in [-0.15, -0.1) is 0 Å². The van der Waals surface area contributed by atoms with E-state index in [2.05, 4.69) is 45.6 Å². The monoisotopic (exact) mass is 753 g/mol. The lowest BCUT2D eigenvalue weighted by Gasteiger charge is -2.34. The van der Waals surface area contributed by atoms with Crippen LogP contribution in [0.2, 0.25) is 0 Å². The van der Waals surface area contributed by atoms with Gasteiger partial charge in [0.25, 0.3) is 0 Å². The zero-order valence-corrected chi connectivity index (χ0v) is 31.7. The highest BCUT2D eigenvalue weighted by Gasteiger charge is 2.38. The van der Waals surface area contributed by atoms with Gasteiger partial charge in [-0.1, -0.05) is 42.5 Å². The number of aromatic hydroxyl groups is 2. The fraction of sp³-hybridized carbons (Fsp3) is 0.362. The Labute approximate surface area is 327 Å². The summed E-state index contributed by atoms with van der Waals surface area (Å²) in [6.07, 6.45) is 12.2. The summed E-state index contributed by atoms with van der Waals surface area (Å²) < 4.78 is 6.37. The van der Waals surface area contributed by atoms with Crippen molar-refractivity contribution in [3.8, 4) is 17.2 Å². The molecule has 3 unspecified atom stereocenters. The number of ether oxygens (including phenoxy) is 1. The van der Waals surface area contributed by atoms with Crippen molar-refractivity contribution in [2.24, 2.45) is 5.92 Å². The Morgan fingerprint density at radius 3 is 2.41 bits per heavy atom. The summed E-state index contributed by atoms with van der Waals surface area (Å²) in [7, 11) is 0. The number of aromatic amines is 2. The van der Waals surface area contributed by atoms with Crippen LogP contribution in [-0.4, -0.2) is 55.6 Å². The second kappa shape index (κ2) is 16.7. The molecule has 8 rings (SSSR count). The summed E-state index contributed by atoms with van der Waals surface area (Å²) in [6.45, 7) is 0.376. The van der Waals surface area contributed by atoms with Crippen LogP contribution >= 0.6 is 0 Å². The van der Waals surface area contributed by atoms with Gasteiger partial charge in [-0.05, 0) is 127 Å². The van der Waals surface area contributed by atoms with Crippen molar-refractivity contribution in [1.29, 1.82) is 0 Å². The molecule has 6 N–H and O–H groups in total. The lowest BCUT2D eigenvalue weighted by molar-refractivity contribution is -0.129. The highest BCUT2D eigenvalue weighted by molar-refractivity contribution is 6.02. The Hall–Kier alpha value is -5.54. The molecule has 0 amide bonds. The molecule has 9 nitrogen and oxygen atoms in total. The second-order valence-corrected chi connectivity index (χ2v) is 16.0. The second-order valence-electron chi connectivity index (χ2n) is 16.0. The van der Waals surface area contributed by atoms with Gasteiger partial charge in [0.15, 0.2) is 11.5 Å². The molecule has 3 aliphatic rings. The van der Waals surface area contributed by atoms with Crippen LogP contribution in [-0.2, 0) is 35.3 Å². The fourth-order valence-corrected chi connectivity index (χ4v) is 9.02. The molecule has 1 fully saturated rings. The first-order valence-corrected chi connectivity index (χ1v) is 20.1. The lowest BCUT2D eigenvalue weighted by Crippen LogP contribution is -2.33. The third-order valence-corrected chi connectivity index (χ3v) is 11.9. The number of nitrogens with one attached hydrogen (secondary N) is 3. The molecule has 0 spiro atoms. The molecule has 3 heterocycles. The largest absolute Gasteiger partial charge is 0.508 e. The lowest BCUT2D eigenvalue weighted by atomic mass is 9.71. The Bertz CT molecular complexity index is 2230. The normalized spacial score (nSPS) is 19.7. The maximum absolute atomic E-state index is 14.5. The summed E-state index contributed by atoms with van der Waals surface area (Å²) in [5.41, 5.74) is 8.58. The van der Waals surface area contributed by atoms with Crippen LogP contribution in [0.1, 0.15) is 102 Å². The summed E-state index contributed by atoms with van der Waals surface area (Å²) in [5, 5.41) is 36.5. The number of hydrogen-bond acceptors (Lipinski definition) is 7. The third-order valence-electron chi connectivity index (χ3n) is 11.9. The molecule has 4 bridgehead atoms. The molecular formula is C47H51N3O6. The molecule has 290 valence electrons. The number of ketones is 2. The molecule has 2 aromatic heterocycles. The van der Waals surface area contributed by atoms with Crippen LogP contribution in [0.3, 0.4) is 0 Å². The number of anilines is 1. The molecule has 2 aliphatic carbocycles. The minimum atomic E-state index is -0.715. The number of aromatic nitrogens is 2. The van der Waals surface area contributed by atoms with E-state index in [0.717, 1.165) is 81.7 Å². The Kier molecular flexibility index (Phi) is 11.1. The minimum Gasteiger partial charge on any atom is -0.508 e. The number of phenolic OH excluding ortho intramolecular Hbond substituents is 2. The first-order valence-electron chi connectivity index (χ1n) is 20.1. The van der Waals surface area contributed by atoms with Crippen LogP contribution in [0.4, 0.5) is 5.82 Å². The Balaban J connectivity index is 1.11. The van der Waals surface area contributed by atoms with Gasteiger partial charge in [0.05, 0.1) is 18.6 Å². The van der Waals surface area contributed by atoms with Gasteiger partial charge in [0.1, 0.15) is 23.1 Å². The number of Topliss-reactive ketones (excluding diaryl/α,β-unsaturated/α-hetero) is 2. The van der Waals surface area contributed by atoms with Gasteiger partial charge >= 0.3 is 0 Å². The van der Waals surface area contributed by atoms with Crippen LogP contribution in [0, 0.1) is 5.92 Å². The zero-order valence-electron chi connectivity index (χ0n) is 31.7. The first kappa shape index (κ1) is 37.4. The molecule has 3 aromatic carbocycles. The third kappa shape index (κ3) is 8.63. The number of carbonyl (C=O) groups is 2. The summed E-state index contributed by atoms with van der Waals surface area (Å²) >= 11 is 0. The van der Waals surface area contributed by atoms with E-state index in [-0.39, 0.29) is 47.9 Å². The number of aryl methyl sites for hydroxylation is 2. The van der Waals surface area contributed by atoms with Crippen molar-refractivity contribution in [3.05, 3.63) is 135 Å². The van der Waals surface area contributed by atoms with E-state index >= 15 is 0 Å². The number of H-pyrrole nitrogens is 2. The Morgan fingerprint density at radius 2 is 1.59 bits per heavy atom. The number of hydrogen-bond donors (Lipinski definition) is 6. The van der Waals surface area contributed by atoms with Crippen molar-refractivity contribution >= 4 is 23.5 Å². The van der Waals surface area contributed by atoms with E-state index in [4.69, 9.17) is 4.74 Å². The molecule has 1 aliphatic heterocycles. The Morgan fingerprint density at radius 1 is 0.804 bits per heavy atom. The molecule has 5 aromatic rings. The van der Waals surface area contributed by atoms with Gasteiger partial charge in [-0.3, -0.25) is 9.59 Å². The number of benzene rings is 3. The molecule has 0 radical (unpaired) electrons. The van der Waals surface area contributed by atoms with E-state index in [1.807, 2.05) is 42.7 Å². The van der Waals surface area contributed by atoms with Crippen LogP contribution in [0.25, 0.3) is 6.08 Å².